The van der Waals surface area contributed by atoms with Gasteiger partial charge in [0.25, 0.3) is 0 Å². The number of alkyl halides is 2. The Bertz CT molecular complexity index is 497. The Morgan fingerprint density at radius 2 is 1.39 bits per heavy atom. The second-order valence-corrected chi connectivity index (χ2v) is 3.65. The number of halogens is 2. The molecule has 0 aliphatic carbocycles. The van der Waals surface area contributed by atoms with Crippen LogP contribution < -0.4 is 15.8 Å². The van der Waals surface area contributed by atoms with Crippen LogP contribution in [0.4, 0.5) is 25.8 Å². The summed E-state index contributed by atoms with van der Waals surface area (Å²) in [5.74, 6) is 0.132. The maximum absolute atomic E-state index is 12.0. The van der Waals surface area contributed by atoms with Crippen LogP contribution in [-0.2, 0) is 0 Å². The van der Waals surface area contributed by atoms with Crippen molar-refractivity contribution in [1.29, 1.82) is 0 Å². The van der Waals surface area contributed by atoms with Gasteiger partial charge in [-0.1, -0.05) is 0 Å². The van der Waals surface area contributed by atoms with Gasteiger partial charge in [-0.05, 0) is 48.5 Å². The zero-order chi connectivity index (χ0) is 13.0. The van der Waals surface area contributed by atoms with Gasteiger partial charge < -0.3 is 15.8 Å². The van der Waals surface area contributed by atoms with Crippen molar-refractivity contribution in [3.63, 3.8) is 0 Å². The molecule has 0 amide bonds. The molecule has 0 bridgehead atoms. The van der Waals surface area contributed by atoms with E-state index >= 15 is 0 Å². The first-order chi connectivity index (χ1) is 8.63. The summed E-state index contributed by atoms with van der Waals surface area (Å²) in [6.07, 6.45) is 0. The van der Waals surface area contributed by atoms with Crippen LogP contribution in [-0.4, -0.2) is 6.61 Å². The van der Waals surface area contributed by atoms with E-state index in [-0.39, 0.29) is 5.75 Å². The van der Waals surface area contributed by atoms with E-state index < -0.39 is 6.61 Å². The number of hydrogen-bond donors (Lipinski definition) is 2. The highest BCUT2D eigenvalue weighted by molar-refractivity contribution is 5.62. The molecule has 0 heterocycles. The molecule has 2 aromatic carbocycles. The molecule has 0 fully saturated rings. The minimum atomic E-state index is -2.80. The summed E-state index contributed by atoms with van der Waals surface area (Å²) in [4.78, 5) is 0. The minimum Gasteiger partial charge on any atom is -0.435 e. The van der Waals surface area contributed by atoms with Gasteiger partial charge in [0.2, 0.25) is 0 Å². The molecule has 2 aromatic rings. The van der Waals surface area contributed by atoms with Crippen LogP contribution in [0.25, 0.3) is 0 Å². The molecule has 94 valence electrons. The van der Waals surface area contributed by atoms with E-state index in [4.69, 9.17) is 5.73 Å². The van der Waals surface area contributed by atoms with Crippen molar-refractivity contribution in [2.75, 3.05) is 11.1 Å². The standard InChI is InChI=1S/C13H12F2N2O/c14-13(15)18-12-7-5-11(6-8-12)17-10-3-1-9(16)2-4-10/h1-8,13,17H,16H2. The average molecular weight is 250 g/mol. The van der Waals surface area contributed by atoms with Crippen molar-refractivity contribution in [2.45, 2.75) is 6.61 Å². The highest BCUT2D eigenvalue weighted by Crippen LogP contribution is 2.21. The molecule has 0 atom stereocenters. The maximum atomic E-state index is 12.0. The summed E-state index contributed by atoms with van der Waals surface area (Å²) in [5.41, 5.74) is 7.90. The molecule has 0 saturated heterocycles. The first-order valence-electron chi connectivity index (χ1n) is 5.31. The van der Waals surface area contributed by atoms with Crippen LogP contribution >= 0.6 is 0 Å². The molecule has 0 unspecified atom stereocenters. The Morgan fingerprint density at radius 1 is 0.889 bits per heavy atom. The number of nitrogen functional groups attached to an aromatic ring is 1. The third-order valence-electron chi connectivity index (χ3n) is 2.28. The number of anilines is 3. The Kier molecular flexibility index (Phi) is 3.62. The number of nitrogens with one attached hydrogen (secondary N) is 1. The van der Waals surface area contributed by atoms with E-state index in [1.165, 1.54) is 12.1 Å². The van der Waals surface area contributed by atoms with E-state index in [0.29, 0.717) is 5.69 Å². The molecule has 18 heavy (non-hydrogen) atoms. The molecule has 0 aliphatic rings. The number of hydrogen-bond acceptors (Lipinski definition) is 3. The maximum Gasteiger partial charge on any atom is 0.387 e. The van der Waals surface area contributed by atoms with Gasteiger partial charge in [0, 0.05) is 17.1 Å². The molecule has 0 saturated carbocycles. The lowest BCUT2D eigenvalue weighted by molar-refractivity contribution is -0.0498. The summed E-state index contributed by atoms with van der Waals surface area (Å²) in [6.45, 7) is -2.80. The number of rotatable bonds is 4. The lowest BCUT2D eigenvalue weighted by atomic mass is 10.2. The van der Waals surface area contributed by atoms with E-state index in [1.54, 1.807) is 24.3 Å². The van der Waals surface area contributed by atoms with Gasteiger partial charge in [-0.3, -0.25) is 0 Å². The van der Waals surface area contributed by atoms with Gasteiger partial charge in [-0.2, -0.15) is 8.78 Å². The van der Waals surface area contributed by atoms with Gasteiger partial charge in [0.1, 0.15) is 5.75 Å². The normalized spacial score (nSPS) is 10.4. The Hall–Kier alpha value is -2.30. The monoisotopic (exact) mass is 250 g/mol. The Morgan fingerprint density at radius 3 is 1.89 bits per heavy atom. The third-order valence-corrected chi connectivity index (χ3v) is 2.28. The fourth-order valence-corrected chi connectivity index (χ4v) is 1.45. The minimum absolute atomic E-state index is 0.132. The fraction of sp³-hybridized carbons (Fsp3) is 0.0769. The van der Waals surface area contributed by atoms with Crippen molar-refractivity contribution < 1.29 is 13.5 Å². The fourth-order valence-electron chi connectivity index (χ4n) is 1.45. The Labute approximate surface area is 103 Å². The first-order valence-corrected chi connectivity index (χ1v) is 5.31. The Balaban J connectivity index is 2.04. The van der Waals surface area contributed by atoms with Crippen molar-refractivity contribution in [3.05, 3.63) is 48.5 Å². The smallest absolute Gasteiger partial charge is 0.387 e. The van der Waals surface area contributed by atoms with Gasteiger partial charge in [-0.25, -0.2) is 0 Å². The molecular weight excluding hydrogens is 238 g/mol. The predicted molar refractivity (Wildman–Crippen MR) is 67.2 cm³/mol. The molecule has 3 nitrogen and oxygen atoms in total. The molecule has 0 radical (unpaired) electrons. The zero-order valence-corrected chi connectivity index (χ0v) is 9.44. The topological polar surface area (TPSA) is 47.3 Å². The lowest BCUT2D eigenvalue weighted by Gasteiger charge is -2.08. The van der Waals surface area contributed by atoms with Crippen LogP contribution in [0.15, 0.2) is 48.5 Å². The molecule has 0 spiro atoms. The highest BCUT2D eigenvalue weighted by Gasteiger charge is 2.03. The summed E-state index contributed by atoms with van der Waals surface area (Å²) in [5, 5.41) is 3.11. The van der Waals surface area contributed by atoms with E-state index in [1.807, 2.05) is 12.1 Å². The molecule has 0 aliphatic heterocycles. The van der Waals surface area contributed by atoms with E-state index in [0.717, 1.165) is 11.4 Å². The highest BCUT2D eigenvalue weighted by atomic mass is 19.3. The second kappa shape index (κ2) is 5.35. The average Bonchev–Trinajstić information content (AvgIpc) is 2.34. The predicted octanol–water partition coefficient (Wildman–Crippen LogP) is 3.61. The summed E-state index contributed by atoms with van der Waals surface area (Å²) < 4.78 is 28.2. The van der Waals surface area contributed by atoms with Gasteiger partial charge in [0.15, 0.2) is 0 Å². The molecule has 2 rings (SSSR count). The number of benzene rings is 2. The number of nitrogens with two attached hydrogens (primary N) is 1. The van der Waals surface area contributed by atoms with Crippen molar-refractivity contribution in [2.24, 2.45) is 0 Å². The molecule has 0 aromatic heterocycles. The molecule has 5 heteroatoms. The summed E-state index contributed by atoms with van der Waals surface area (Å²) >= 11 is 0. The van der Waals surface area contributed by atoms with E-state index in [9.17, 15) is 8.78 Å². The third kappa shape index (κ3) is 3.35. The van der Waals surface area contributed by atoms with Crippen LogP contribution in [0.2, 0.25) is 0 Å². The van der Waals surface area contributed by atoms with Crippen LogP contribution in [0, 0.1) is 0 Å². The molecular formula is C13H12F2N2O. The van der Waals surface area contributed by atoms with Gasteiger partial charge in [0.05, 0.1) is 0 Å². The van der Waals surface area contributed by atoms with Crippen LogP contribution in [0.1, 0.15) is 0 Å². The zero-order valence-electron chi connectivity index (χ0n) is 9.44. The van der Waals surface area contributed by atoms with Crippen LogP contribution in [0.3, 0.4) is 0 Å². The molecule has 3 N–H and O–H groups in total. The summed E-state index contributed by atoms with van der Waals surface area (Å²) in [6, 6.07) is 13.5. The quantitative estimate of drug-likeness (QED) is 0.815. The van der Waals surface area contributed by atoms with Crippen molar-refractivity contribution in [1.82, 2.24) is 0 Å². The van der Waals surface area contributed by atoms with E-state index in [2.05, 4.69) is 10.1 Å². The summed E-state index contributed by atoms with van der Waals surface area (Å²) in [7, 11) is 0. The SMILES string of the molecule is Nc1ccc(Nc2ccc(OC(F)F)cc2)cc1. The van der Waals surface area contributed by atoms with Gasteiger partial charge in [-0.15, -0.1) is 0 Å². The second-order valence-electron chi connectivity index (χ2n) is 3.65. The van der Waals surface area contributed by atoms with Crippen molar-refractivity contribution in [3.8, 4) is 5.75 Å². The largest absolute Gasteiger partial charge is 0.435 e. The van der Waals surface area contributed by atoms with Crippen LogP contribution in [0.5, 0.6) is 5.75 Å². The first kappa shape index (κ1) is 12.2. The van der Waals surface area contributed by atoms with Crippen molar-refractivity contribution >= 4 is 17.1 Å². The number of ether oxygens (including phenoxy) is 1. The lowest BCUT2D eigenvalue weighted by Crippen LogP contribution is -2.01. The van der Waals surface area contributed by atoms with Gasteiger partial charge >= 0.3 is 6.61 Å².